The van der Waals surface area contributed by atoms with Gasteiger partial charge in [-0.15, -0.1) is 0 Å². The van der Waals surface area contributed by atoms with Gasteiger partial charge in [-0.1, -0.05) is 29.8 Å². The third kappa shape index (κ3) is 5.04. The molecular weight excluding hydrogens is 387 g/mol. The van der Waals surface area contributed by atoms with E-state index in [0.717, 1.165) is 4.47 Å². The number of hydrogen-bond acceptors (Lipinski definition) is 2. The first-order chi connectivity index (χ1) is 11.0. The molecule has 7 heteroatoms. The van der Waals surface area contributed by atoms with E-state index in [-0.39, 0.29) is 29.5 Å². The molecule has 0 bridgehead atoms. The van der Waals surface area contributed by atoms with Crippen LogP contribution in [0.3, 0.4) is 0 Å². The zero-order chi connectivity index (χ0) is 16.8. The molecule has 0 aromatic heterocycles. The van der Waals surface area contributed by atoms with Crippen LogP contribution in [0.4, 0.5) is 10.1 Å². The van der Waals surface area contributed by atoms with E-state index in [2.05, 4.69) is 26.6 Å². The monoisotopic (exact) mass is 398 g/mol. The van der Waals surface area contributed by atoms with Crippen molar-refractivity contribution in [2.75, 3.05) is 11.9 Å². The number of nitrogens with one attached hydrogen (secondary N) is 2. The van der Waals surface area contributed by atoms with Crippen molar-refractivity contribution in [3.05, 3.63) is 63.3 Å². The molecule has 0 aliphatic carbocycles. The number of carbonyl (C=O) groups excluding carboxylic acids is 2. The topological polar surface area (TPSA) is 58.2 Å². The van der Waals surface area contributed by atoms with Crippen molar-refractivity contribution in [1.82, 2.24) is 5.32 Å². The van der Waals surface area contributed by atoms with E-state index in [1.54, 1.807) is 18.2 Å². The predicted octanol–water partition coefficient (Wildman–Crippen LogP) is 3.54. The van der Waals surface area contributed by atoms with Crippen molar-refractivity contribution in [3.63, 3.8) is 0 Å². The summed E-state index contributed by atoms with van der Waals surface area (Å²) in [5, 5.41) is 5.26. The molecule has 0 aliphatic rings. The molecule has 0 saturated heterocycles. The SMILES string of the molecule is O=C(Cc1c(F)cccc1Cl)NCC(=O)Nc1ccccc1Br. The molecule has 0 unspecified atom stereocenters. The molecule has 2 amide bonds. The summed E-state index contributed by atoms with van der Waals surface area (Å²) in [5.74, 6) is -1.42. The maximum Gasteiger partial charge on any atom is 0.243 e. The second kappa shape index (κ2) is 8.08. The third-order valence-electron chi connectivity index (χ3n) is 2.99. The molecule has 2 aromatic carbocycles. The van der Waals surface area contributed by atoms with Crippen molar-refractivity contribution in [3.8, 4) is 0 Å². The number of para-hydroxylation sites is 1. The van der Waals surface area contributed by atoms with Crippen LogP contribution in [-0.4, -0.2) is 18.4 Å². The number of amides is 2. The molecule has 0 radical (unpaired) electrons. The molecule has 0 fully saturated rings. The van der Waals surface area contributed by atoms with E-state index >= 15 is 0 Å². The fourth-order valence-corrected chi connectivity index (χ4v) is 2.47. The van der Waals surface area contributed by atoms with Gasteiger partial charge in [0.15, 0.2) is 0 Å². The summed E-state index contributed by atoms with van der Waals surface area (Å²) >= 11 is 9.16. The summed E-state index contributed by atoms with van der Waals surface area (Å²) < 4.78 is 14.3. The van der Waals surface area contributed by atoms with Crippen molar-refractivity contribution >= 4 is 45.0 Å². The largest absolute Gasteiger partial charge is 0.347 e. The average Bonchev–Trinajstić information content (AvgIpc) is 2.51. The van der Waals surface area contributed by atoms with Gasteiger partial charge < -0.3 is 10.6 Å². The average molecular weight is 400 g/mol. The Bertz CT molecular complexity index is 720. The zero-order valence-electron chi connectivity index (χ0n) is 11.9. The third-order valence-corrected chi connectivity index (χ3v) is 4.04. The second-order valence-electron chi connectivity index (χ2n) is 4.68. The molecule has 0 atom stereocenters. The van der Waals surface area contributed by atoms with Gasteiger partial charge in [0.25, 0.3) is 0 Å². The van der Waals surface area contributed by atoms with E-state index in [0.29, 0.717) is 5.69 Å². The van der Waals surface area contributed by atoms with Crippen LogP contribution < -0.4 is 10.6 Å². The first kappa shape index (κ1) is 17.4. The lowest BCUT2D eigenvalue weighted by Crippen LogP contribution is -2.34. The highest BCUT2D eigenvalue weighted by Gasteiger charge is 2.13. The van der Waals surface area contributed by atoms with E-state index in [9.17, 15) is 14.0 Å². The minimum Gasteiger partial charge on any atom is -0.347 e. The number of rotatable bonds is 5. The number of anilines is 1. The van der Waals surface area contributed by atoms with E-state index in [1.807, 2.05) is 6.07 Å². The zero-order valence-corrected chi connectivity index (χ0v) is 14.2. The minimum atomic E-state index is -0.551. The second-order valence-corrected chi connectivity index (χ2v) is 5.94. The predicted molar refractivity (Wildman–Crippen MR) is 90.9 cm³/mol. The molecule has 23 heavy (non-hydrogen) atoms. The molecule has 0 spiro atoms. The summed E-state index contributed by atoms with van der Waals surface area (Å²) in [6.07, 6.45) is -0.228. The normalized spacial score (nSPS) is 10.2. The van der Waals surface area contributed by atoms with Gasteiger partial charge in [0.2, 0.25) is 11.8 Å². The molecule has 120 valence electrons. The Balaban J connectivity index is 1.87. The van der Waals surface area contributed by atoms with Crippen LogP contribution in [0.1, 0.15) is 5.56 Å². The van der Waals surface area contributed by atoms with Gasteiger partial charge in [0, 0.05) is 15.1 Å². The molecule has 0 saturated carbocycles. The van der Waals surface area contributed by atoms with Gasteiger partial charge in [-0.25, -0.2) is 4.39 Å². The Morgan fingerprint density at radius 2 is 1.83 bits per heavy atom. The van der Waals surface area contributed by atoms with E-state index in [4.69, 9.17) is 11.6 Å². The highest BCUT2D eigenvalue weighted by Crippen LogP contribution is 2.21. The molecule has 0 aliphatic heterocycles. The first-order valence-corrected chi connectivity index (χ1v) is 7.88. The molecule has 2 rings (SSSR count). The van der Waals surface area contributed by atoms with Crippen molar-refractivity contribution in [2.24, 2.45) is 0 Å². The van der Waals surface area contributed by atoms with Crippen LogP contribution in [0.15, 0.2) is 46.9 Å². The van der Waals surface area contributed by atoms with E-state index in [1.165, 1.54) is 18.2 Å². The van der Waals surface area contributed by atoms with Crippen LogP contribution in [0, 0.1) is 5.82 Å². The van der Waals surface area contributed by atoms with Gasteiger partial charge in [-0.05, 0) is 40.2 Å². The van der Waals surface area contributed by atoms with Gasteiger partial charge in [-0.2, -0.15) is 0 Å². The molecule has 4 nitrogen and oxygen atoms in total. The molecule has 2 N–H and O–H groups in total. The van der Waals surface area contributed by atoms with Crippen LogP contribution in [0.5, 0.6) is 0 Å². The quantitative estimate of drug-likeness (QED) is 0.808. The van der Waals surface area contributed by atoms with Crippen molar-refractivity contribution < 1.29 is 14.0 Å². The highest BCUT2D eigenvalue weighted by molar-refractivity contribution is 9.10. The first-order valence-electron chi connectivity index (χ1n) is 6.71. The number of halogens is 3. The van der Waals surface area contributed by atoms with Crippen LogP contribution >= 0.6 is 27.5 Å². The van der Waals surface area contributed by atoms with Gasteiger partial charge in [-0.3, -0.25) is 9.59 Å². The fraction of sp³-hybridized carbons (Fsp3) is 0.125. The van der Waals surface area contributed by atoms with Crippen LogP contribution in [0.25, 0.3) is 0 Å². The number of hydrogen-bond donors (Lipinski definition) is 2. The lowest BCUT2D eigenvalue weighted by atomic mass is 10.1. The Hall–Kier alpha value is -1.92. The Kier molecular flexibility index (Phi) is 6.12. The van der Waals surface area contributed by atoms with Crippen LogP contribution in [-0.2, 0) is 16.0 Å². The van der Waals surface area contributed by atoms with Gasteiger partial charge >= 0.3 is 0 Å². The summed E-state index contributed by atoms with van der Waals surface area (Å²) in [7, 11) is 0. The Labute approximate surface area is 146 Å². The minimum absolute atomic E-state index is 0.109. The molecular formula is C16H13BrClFN2O2. The van der Waals surface area contributed by atoms with E-state index < -0.39 is 11.7 Å². The highest BCUT2D eigenvalue weighted by atomic mass is 79.9. The fourth-order valence-electron chi connectivity index (χ4n) is 1.86. The maximum atomic E-state index is 13.6. The number of benzene rings is 2. The summed E-state index contributed by atoms with van der Waals surface area (Å²) in [6, 6.07) is 11.3. The molecule has 2 aromatic rings. The smallest absolute Gasteiger partial charge is 0.243 e. The number of carbonyl (C=O) groups is 2. The van der Waals surface area contributed by atoms with Crippen LogP contribution in [0.2, 0.25) is 5.02 Å². The summed E-state index contributed by atoms with van der Waals surface area (Å²) in [6.45, 7) is -0.216. The lowest BCUT2D eigenvalue weighted by Gasteiger charge is -2.09. The molecule has 0 heterocycles. The van der Waals surface area contributed by atoms with Gasteiger partial charge in [0.1, 0.15) is 5.82 Å². The standard InChI is InChI=1S/C16H13BrClFN2O2/c17-11-4-1-2-7-14(11)21-16(23)9-20-15(22)8-10-12(18)5-3-6-13(10)19/h1-7H,8-9H2,(H,20,22)(H,21,23). The van der Waals surface area contributed by atoms with Crippen molar-refractivity contribution in [1.29, 1.82) is 0 Å². The Morgan fingerprint density at radius 3 is 2.52 bits per heavy atom. The van der Waals surface area contributed by atoms with Crippen molar-refractivity contribution in [2.45, 2.75) is 6.42 Å². The summed E-state index contributed by atoms with van der Waals surface area (Å²) in [4.78, 5) is 23.6. The maximum absolute atomic E-state index is 13.6. The summed E-state index contributed by atoms with van der Waals surface area (Å²) in [5.41, 5.74) is 0.710. The lowest BCUT2D eigenvalue weighted by molar-refractivity contribution is -0.123. The van der Waals surface area contributed by atoms with Gasteiger partial charge in [0.05, 0.1) is 18.7 Å². The Morgan fingerprint density at radius 1 is 1.09 bits per heavy atom.